The molecule has 0 aliphatic carbocycles. The zero-order valence-electron chi connectivity index (χ0n) is 7.36. The van der Waals surface area contributed by atoms with Crippen LogP contribution in [0.1, 0.15) is 11.1 Å². The molecule has 67 valence electrons. The predicted octanol–water partition coefficient (Wildman–Crippen LogP) is 0.718. The second kappa shape index (κ2) is 3.85. The van der Waals surface area contributed by atoms with E-state index < -0.39 is 8.80 Å². The Morgan fingerprint density at radius 1 is 1.38 bits per heavy atom. The molecule has 1 heterocycles. The fraction of sp³-hybridized carbons (Fsp3) is 0.300. The second-order valence-electron chi connectivity index (χ2n) is 3.29. The minimum atomic E-state index is -0.834. The number of hydrogen-bond acceptors (Lipinski definition) is 2. The maximum Gasteiger partial charge on any atom is 0.154 e. The van der Waals surface area contributed by atoms with Gasteiger partial charge in [-0.1, -0.05) is 30.3 Å². The van der Waals surface area contributed by atoms with Crippen molar-refractivity contribution in [1.82, 2.24) is 5.32 Å². The van der Waals surface area contributed by atoms with E-state index in [2.05, 4.69) is 17.4 Å². The Morgan fingerprint density at radius 3 is 2.85 bits per heavy atom. The van der Waals surface area contributed by atoms with E-state index in [9.17, 15) is 4.79 Å². The van der Waals surface area contributed by atoms with Crippen LogP contribution in [0.5, 0.6) is 0 Å². The molecule has 1 atom stereocenters. The number of carbonyl (C=O) groups is 1. The number of carbonyl (C=O) groups excluding carboxylic acids is 1. The van der Waals surface area contributed by atoms with Gasteiger partial charge in [0.15, 0.2) is 8.80 Å². The third-order valence-electron chi connectivity index (χ3n) is 2.48. The average molecular weight is 190 g/mol. The Kier molecular flexibility index (Phi) is 2.56. The number of benzene rings is 1. The number of nitrogens with one attached hydrogen (secondary N) is 1. The molecule has 1 N–H and O–H groups in total. The fourth-order valence-electron chi connectivity index (χ4n) is 1.76. The first-order valence-corrected chi connectivity index (χ1v) is 6.34. The molecule has 1 aromatic carbocycles. The summed E-state index contributed by atoms with van der Waals surface area (Å²) >= 11 is 0. The molecule has 1 fully saturated rings. The predicted molar refractivity (Wildman–Crippen MR) is 54.6 cm³/mol. The van der Waals surface area contributed by atoms with Gasteiger partial charge >= 0.3 is 0 Å². The van der Waals surface area contributed by atoms with Crippen LogP contribution in [0.2, 0.25) is 0 Å². The van der Waals surface area contributed by atoms with Crippen LogP contribution < -0.4 is 5.32 Å². The van der Waals surface area contributed by atoms with Crippen molar-refractivity contribution >= 4 is 14.7 Å². The smallest absolute Gasteiger partial charge is 0.154 e. The monoisotopic (exact) mass is 190 g/mol. The van der Waals surface area contributed by atoms with E-state index in [-0.39, 0.29) is 0 Å². The van der Waals surface area contributed by atoms with E-state index >= 15 is 0 Å². The van der Waals surface area contributed by atoms with Crippen molar-refractivity contribution in [2.24, 2.45) is 0 Å². The van der Waals surface area contributed by atoms with Crippen LogP contribution in [-0.4, -0.2) is 27.4 Å². The van der Waals surface area contributed by atoms with Crippen molar-refractivity contribution in [2.45, 2.75) is 5.54 Å². The summed E-state index contributed by atoms with van der Waals surface area (Å²) in [6.45, 7) is 0.969. The molecule has 3 heteroatoms. The van der Waals surface area contributed by atoms with Crippen molar-refractivity contribution in [2.75, 3.05) is 12.7 Å². The van der Waals surface area contributed by atoms with E-state index in [1.807, 2.05) is 18.2 Å². The number of rotatable bonds is 2. The van der Waals surface area contributed by atoms with Crippen LogP contribution in [0.25, 0.3) is 0 Å². The van der Waals surface area contributed by atoms with Crippen LogP contribution in [-0.2, 0) is 4.79 Å². The normalized spacial score (nSPS) is 23.2. The first kappa shape index (κ1) is 8.66. The Hall–Kier alpha value is -0.933. The van der Waals surface area contributed by atoms with Gasteiger partial charge in [-0.15, -0.1) is 0 Å². The lowest BCUT2D eigenvalue weighted by atomic mass is 10.1. The van der Waals surface area contributed by atoms with E-state index in [1.54, 1.807) is 0 Å². The summed E-state index contributed by atoms with van der Waals surface area (Å²) in [5.41, 5.74) is 1.79. The quantitative estimate of drug-likeness (QED) is 0.550. The Morgan fingerprint density at radius 2 is 2.15 bits per heavy atom. The lowest BCUT2D eigenvalue weighted by molar-refractivity contribution is 0.567. The SMILES string of the molecule is O=C[Si]1CNC[C@H]1c1ccccc1. The van der Waals surface area contributed by atoms with Crippen molar-refractivity contribution < 1.29 is 4.79 Å². The second-order valence-corrected chi connectivity index (χ2v) is 5.72. The van der Waals surface area contributed by atoms with E-state index in [0.717, 1.165) is 12.7 Å². The summed E-state index contributed by atoms with van der Waals surface area (Å²) in [6, 6.07) is 10.3. The van der Waals surface area contributed by atoms with Crippen LogP contribution in [0.3, 0.4) is 0 Å². The lowest BCUT2D eigenvalue weighted by Gasteiger charge is -2.11. The molecule has 0 aromatic heterocycles. The molecule has 0 unspecified atom stereocenters. The summed E-state index contributed by atoms with van der Waals surface area (Å²) in [7, 11) is -0.834. The van der Waals surface area contributed by atoms with E-state index in [4.69, 9.17) is 0 Å². The van der Waals surface area contributed by atoms with E-state index in [0.29, 0.717) is 5.54 Å². The molecule has 1 radical (unpaired) electrons. The van der Waals surface area contributed by atoms with Crippen LogP contribution in [0, 0.1) is 0 Å². The van der Waals surface area contributed by atoms with E-state index in [1.165, 1.54) is 11.5 Å². The third-order valence-corrected chi connectivity index (χ3v) is 4.87. The molecule has 0 amide bonds. The van der Waals surface area contributed by atoms with Gasteiger partial charge in [0, 0.05) is 0 Å². The summed E-state index contributed by atoms with van der Waals surface area (Å²) in [5, 5.41) is 3.29. The Bertz CT molecular complexity index is 288. The van der Waals surface area contributed by atoms with Crippen LogP contribution in [0.4, 0.5) is 0 Å². The molecule has 1 aliphatic heterocycles. The van der Waals surface area contributed by atoms with Gasteiger partial charge in [-0.05, 0) is 23.8 Å². The minimum Gasteiger partial charge on any atom is -0.319 e. The van der Waals surface area contributed by atoms with Crippen LogP contribution >= 0.6 is 0 Å². The molecular weight excluding hydrogens is 178 g/mol. The molecule has 0 saturated carbocycles. The third kappa shape index (κ3) is 1.71. The van der Waals surface area contributed by atoms with Gasteiger partial charge in [-0.25, -0.2) is 0 Å². The van der Waals surface area contributed by atoms with Gasteiger partial charge < -0.3 is 10.1 Å². The molecule has 0 spiro atoms. The average Bonchev–Trinajstić information content (AvgIpc) is 2.67. The number of hydrogen-bond donors (Lipinski definition) is 1. The molecule has 13 heavy (non-hydrogen) atoms. The zero-order chi connectivity index (χ0) is 9.10. The molecule has 1 aromatic rings. The molecule has 1 aliphatic rings. The minimum absolute atomic E-state index is 0.476. The maximum absolute atomic E-state index is 10.8. The van der Waals surface area contributed by atoms with Gasteiger partial charge in [-0.3, -0.25) is 0 Å². The fourth-order valence-corrected chi connectivity index (χ4v) is 3.71. The van der Waals surface area contributed by atoms with Gasteiger partial charge in [0.2, 0.25) is 0 Å². The van der Waals surface area contributed by atoms with Gasteiger partial charge in [0.05, 0.1) is 5.91 Å². The van der Waals surface area contributed by atoms with Crippen molar-refractivity contribution in [3.8, 4) is 0 Å². The Labute approximate surface area is 79.6 Å². The first-order valence-electron chi connectivity index (χ1n) is 4.48. The first-order chi connectivity index (χ1) is 6.42. The van der Waals surface area contributed by atoms with Gasteiger partial charge in [0.25, 0.3) is 0 Å². The summed E-state index contributed by atoms with van der Waals surface area (Å²) in [6.07, 6.45) is 0.924. The highest BCUT2D eigenvalue weighted by atomic mass is 28.3. The van der Waals surface area contributed by atoms with Crippen LogP contribution in [0.15, 0.2) is 30.3 Å². The maximum atomic E-state index is 10.8. The molecule has 0 bridgehead atoms. The van der Waals surface area contributed by atoms with Gasteiger partial charge in [0.1, 0.15) is 0 Å². The van der Waals surface area contributed by atoms with Gasteiger partial charge in [-0.2, -0.15) is 0 Å². The topological polar surface area (TPSA) is 29.1 Å². The molecule has 1 saturated heterocycles. The summed E-state index contributed by atoms with van der Waals surface area (Å²) in [5.74, 6) is 1.17. The standard InChI is InChI=1S/C10H12NOSi/c12-8-13-7-11-6-10(13)9-4-2-1-3-5-9/h1-5,8,10-11H,6-7H2/t10-/m0/s1. The van der Waals surface area contributed by atoms with Crippen molar-refractivity contribution in [1.29, 1.82) is 0 Å². The summed E-state index contributed by atoms with van der Waals surface area (Å²) in [4.78, 5) is 10.8. The Balaban J connectivity index is 2.21. The van der Waals surface area contributed by atoms with Crippen molar-refractivity contribution in [3.63, 3.8) is 0 Å². The zero-order valence-corrected chi connectivity index (χ0v) is 8.36. The van der Waals surface area contributed by atoms with Crippen molar-refractivity contribution in [3.05, 3.63) is 35.9 Å². The molecular formula is C10H12NOSi. The summed E-state index contributed by atoms with van der Waals surface area (Å²) < 4.78 is 0. The largest absolute Gasteiger partial charge is 0.319 e. The highest BCUT2D eigenvalue weighted by molar-refractivity contribution is 6.86. The highest BCUT2D eigenvalue weighted by Crippen LogP contribution is 2.20. The lowest BCUT2D eigenvalue weighted by Crippen LogP contribution is -2.25. The highest BCUT2D eigenvalue weighted by Gasteiger charge is 2.29. The molecule has 2 nitrogen and oxygen atoms in total. The molecule has 2 rings (SSSR count).